The third kappa shape index (κ3) is 3.51. The highest BCUT2D eigenvalue weighted by atomic mass is 127. The Morgan fingerprint density at radius 1 is 1.38 bits per heavy atom. The number of ether oxygens (including phenoxy) is 1. The minimum atomic E-state index is -0.547. The highest BCUT2D eigenvalue weighted by Gasteiger charge is 2.21. The van der Waals surface area contributed by atoms with Crippen LogP contribution in [0.15, 0.2) is 36.4 Å². The maximum atomic E-state index is 11.2. The number of hydrogen-bond acceptors (Lipinski definition) is 4. The lowest BCUT2D eigenvalue weighted by Gasteiger charge is -2.11. The normalized spacial score (nSPS) is 9.95. The van der Waals surface area contributed by atoms with Crippen LogP contribution in [-0.4, -0.2) is 4.92 Å². The molecule has 0 spiro atoms. The lowest BCUT2D eigenvalue weighted by molar-refractivity contribution is -0.385. The molecule has 7 heteroatoms. The Kier molecular flexibility index (Phi) is 5.14. The second-order valence-electron chi connectivity index (χ2n) is 4.02. The van der Waals surface area contributed by atoms with E-state index in [1.165, 1.54) is 6.07 Å². The van der Waals surface area contributed by atoms with E-state index in [4.69, 9.17) is 10.00 Å². The largest absolute Gasteiger partial charge is 0.449 e. The first-order valence-electron chi connectivity index (χ1n) is 5.76. The molecule has 0 heterocycles. The zero-order chi connectivity index (χ0) is 15.4. The van der Waals surface area contributed by atoms with Crippen LogP contribution in [0.5, 0.6) is 11.5 Å². The third-order valence-electron chi connectivity index (χ3n) is 2.68. The predicted octanol–water partition coefficient (Wildman–Crippen LogP) is 4.76. The maximum absolute atomic E-state index is 11.2. The summed E-state index contributed by atoms with van der Waals surface area (Å²) < 4.78 is 6.25. The topological polar surface area (TPSA) is 76.2 Å². The Labute approximate surface area is 143 Å². The van der Waals surface area contributed by atoms with Crippen LogP contribution in [0.1, 0.15) is 11.1 Å². The van der Waals surface area contributed by atoms with Crippen molar-refractivity contribution < 1.29 is 9.66 Å². The fourth-order valence-corrected chi connectivity index (χ4v) is 2.89. The number of nitrogens with zero attached hydrogens (tertiary/aromatic N) is 2. The highest BCUT2D eigenvalue weighted by molar-refractivity contribution is 14.1. The van der Waals surface area contributed by atoms with Crippen LogP contribution in [0.25, 0.3) is 0 Å². The number of rotatable bonds is 4. The molecule has 21 heavy (non-hydrogen) atoms. The van der Waals surface area contributed by atoms with E-state index < -0.39 is 4.92 Å². The van der Waals surface area contributed by atoms with Crippen molar-refractivity contribution >= 4 is 44.2 Å². The molecule has 0 aliphatic carbocycles. The number of halogens is 2. The monoisotopic (exact) mass is 458 g/mol. The van der Waals surface area contributed by atoms with Crippen LogP contribution in [0.4, 0.5) is 5.69 Å². The molecule has 5 nitrogen and oxygen atoms in total. The van der Waals surface area contributed by atoms with Gasteiger partial charge in [0.05, 0.1) is 20.1 Å². The Morgan fingerprint density at radius 3 is 2.71 bits per heavy atom. The molecule has 0 radical (unpaired) electrons. The van der Waals surface area contributed by atoms with E-state index in [0.29, 0.717) is 14.6 Å². The molecular weight excluding hydrogens is 451 g/mol. The SMILES string of the molecule is N#Cc1cc(I)c(Oc2ccccc2CBr)c([N+](=O)[O-])c1. The summed E-state index contributed by atoms with van der Waals surface area (Å²) in [7, 11) is 0. The molecule has 0 unspecified atom stereocenters. The molecule has 2 aromatic carbocycles. The summed E-state index contributed by atoms with van der Waals surface area (Å²) in [6.07, 6.45) is 0. The van der Waals surface area contributed by atoms with Gasteiger partial charge in [-0.2, -0.15) is 5.26 Å². The van der Waals surface area contributed by atoms with Crippen molar-refractivity contribution in [3.63, 3.8) is 0 Å². The first-order valence-corrected chi connectivity index (χ1v) is 7.96. The molecular formula is C14H8BrIN2O3. The van der Waals surface area contributed by atoms with E-state index >= 15 is 0 Å². The van der Waals surface area contributed by atoms with Gasteiger partial charge in [0.2, 0.25) is 5.75 Å². The summed E-state index contributed by atoms with van der Waals surface area (Å²) in [5, 5.41) is 20.7. The van der Waals surface area contributed by atoms with Crippen molar-refractivity contribution in [1.29, 1.82) is 5.26 Å². The van der Waals surface area contributed by atoms with Crippen LogP contribution in [0, 0.1) is 25.0 Å². The average Bonchev–Trinajstić information content (AvgIpc) is 2.49. The maximum Gasteiger partial charge on any atom is 0.314 e. The van der Waals surface area contributed by atoms with Gasteiger partial charge in [-0.25, -0.2) is 0 Å². The summed E-state index contributed by atoms with van der Waals surface area (Å²) in [6.45, 7) is 0. The third-order valence-corrected chi connectivity index (χ3v) is 4.08. The number of nitro benzene ring substituents is 1. The molecule has 0 saturated carbocycles. The lowest BCUT2D eigenvalue weighted by atomic mass is 10.2. The van der Waals surface area contributed by atoms with Crippen LogP contribution in [-0.2, 0) is 5.33 Å². The zero-order valence-electron chi connectivity index (χ0n) is 10.5. The predicted molar refractivity (Wildman–Crippen MR) is 89.7 cm³/mol. The van der Waals surface area contributed by atoms with Gasteiger partial charge in [0.1, 0.15) is 5.75 Å². The van der Waals surface area contributed by atoms with Crippen LogP contribution in [0.3, 0.4) is 0 Å². The number of hydrogen-bond donors (Lipinski definition) is 0. The Hall–Kier alpha value is -1.66. The standard InChI is InChI=1S/C14H8BrIN2O3/c15-7-10-3-1-2-4-13(10)21-14-11(16)5-9(8-17)6-12(14)18(19)20/h1-6H,7H2. The molecule has 0 fully saturated rings. The number of nitriles is 1. The van der Waals surface area contributed by atoms with Gasteiger partial charge in [-0.3, -0.25) is 10.1 Å². The van der Waals surface area contributed by atoms with Gasteiger partial charge < -0.3 is 4.74 Å². The summed E-state index contributed by atoms with van der Waals surface area (Å²) in [5.74, 6) is 0.688. The first-order chi connectivity index (χ1) is 10.1. The van der Waals surface area contributed by atoms with E-state index in [-0.39, 0.29) is 17.0 Å². The van der Waals surface area contributed by atoms with Gasteiger partial charge in [0.15, 0.2) is 0 Å². The van der Waals surface area contributed by atoms with E-state index in [9.17, 15) is 10.1 Å². The van der Waals surface area contributed by atoms with Gasteiger partial charge >= 0.3 is 5.69 Å². The minimum Gasteiger partial charge on any atom is -0.449 e. The molecule has 0 amide bonds. The van der Waals surface area contributed by atoms with Crippen molar-refractivity contribution in [2.24, 2.45) is 0 Å². The number of alkyl halides is 1. The summed E-state index contributed by atoms with van der Waals surface area (Å²) in [6, 6.07) is 11.9. The Bertz CT molecular complexity index is 743. The van der Waals surface area contributed by atoms with Gasteiger partial charge in [0, 0.05) is 17.0 Å². The molecule has 2 aromatic rings. The van der Waals surface area contributed by atoms with Gasteiger partial charge in [0.25, 0.3) is 0 Å². The molecule has 0 aliphatic rings. The second kappa shape index (κ2) is 6.87. The Balaban J connectivity index is 2.54. The van der Waals surface area contributed by atoms with Gasteiger partial charge in [-0.15, -0.1) is 0 Å². The summed E-state index contributed by atoms with van der Waals surface area (Å²) >= 11 is 5.28. The van der Waals surface area contributed by atoms with Crippen molar-refractivity contribution in [3.8, 4) is 17.6 Å². The quantitative estimate of drug-likeness (QED) is 0.286. The summed E-state index contributed by atoms with van der Waals surface area (Å²) in [4.78, 5) is 10.6. The van der Waals surface area contributed by atoms with E-state index in [2.05, 4.69) is 15.9 Å². The van der Waals surface area contributed by atoms with Crippen molar-refractivity contribution in [1.82, 2.24) is 0 Å². The number of para-hydroxylation sites is 1. The van der Waals surface area contributed by atoms with Gasteiger partial charge in [-0.05, 0) is 34.7 Å². The molecule has 0 aliphatic heterocycles. The fourth-order valence-electron chi connectivity index (χ4n) is 1.70. The van der Waals surface area contributed by atoms with Crippen molar-refractivity contribution in [2.45, 2.75) is 5.33 Å². The molecule has 0 N–H and O–H groups in total. The van der Waals surface area contributed by atoms with Crippen molar-refractivity contribution in [2.75, 3.05) is 0 Å². The van der Waals surface area contributed by atoms with Crippen molar-refractivity contribution in [3.05, 3.63) is 61.2 Å². The molecule has 0 aromatic heterocycles. The first kappa shape index (κ1) is 15.7. The summed E-state index contributed by atoms with van der Waals surface area (Å²) in [5.41, 5.74) is 0.891. The smallest absolute Gasteiger partial charge is 0.314 e. The Morgan fingerprint density at radius 2 is 2.10 bits per heavy atom. The fraction of sp³-hybridized carbons (Fsp3) is 0.0714. The van der Waals surface area contributed by atoms with Crippen LogP contribution < -0.4 is 4.74 Å². The number of benzene rings is 2. The zero-order valence-corrected chi connectivity index (χ0v) is 14.3. The molecule has 0 bridgehead atoms. The average molecular weight is 459 g/mol. The molecule has 0 saturated heterocycles. The van der Waals surface area contributed by atoms with Crippen LogP contribution >= 0.6 is 38.5 Å². The van der Waals surface area contributed by atoms with E-state index in [1.54, 1.807) is 18.2 Å². The molecule has 0 atom stereocenters. The minimum absolute atomic E-state index is 0.146. The number of nitro groups is 1. The van der Waals surface area contributed by atoms with Crippen LogP contribution in [0.2, 0.25) is 0 Å². The highest BCUT2D eigenvalue weighted by Crippen LogP contribution is 2.38. The lowest BCUT2D eigenvalue weighted by Crippen LogP contribution is -1.98. The van der Waals surface area contributed by atoms with E-state index in [0.717, 1.165) is 5.56 Å². The molecule has 106 valence electrons. The second-order valence-corrected chi connectivity index (χ2v) is 5.74. The molecule has 2 rings (SSSR count). The van der Waals surface area contributed by atoms with E-state index in [1.807, 2.05) is 40.8 Å². The van der Waals surface area contributed by atoms with Gasteiger partial charge in [-0.1, -0.05) is 34.1 Å².